The van der Waals surface area contributed by atoms with Gasteiger partial charge in [0.05, 0.1) is 22.0 Å². The molecule has 1 aliphatic carbocycles. The third-order valence-electron chi connectivity index (χ3n) is 4.06. The summed E-state index contributed by atoms with van der Waals surface area (Å²) in [5.74, 6) is 3.02. The molecule has 4 nitrogen and oxygen atoms in total. The molecular formula is C16H20BrN3O. The fourth-order valence-corrected chi connectivity index (χ4v) is 3.60. The summed E-state index contributed by atoms with van der Waals surface area (Å²) in [6, 6.07) is 1.94. The van der Waals surface area contributed by atoms with Crippen molar-refractivity contribution in [3.8, 4) is 11.4 Å². The highest BCUT2D eigenvalue weighted by Crippen LogP contribution is 2.40. The summed E-state index contributed by atoms with van der Waals surface area (Å²) in [5.41, 5.74) is 2.11. The van der Waals surface area contributed by atoms with E-state index in [4.69, 9.17) is 9.40 Å². The third-order valence-corrected chi connectivity index (χ3v) is 4.84. The Kier molecular flexibility index (Phi) is 4.29. The molecule has 0 aromatic carbocycles. The minimum atomic E-state index is 0.533. The lowest BCUT2D eigenvalue weighted by Gasteiger charge is -2.16. The van der Waals surface area contributed by atoms with Crippen molar-refractivity contribution < 1.29 is 4.42 Å². The Balaban J connectivity index is 2.10. The average Bonchev–Trinajstić information content (AvgIpc) is 3.13. The highest BCUT2D eigenvalue weighted by Gasteiger charge is 2.24. The van der Waals surface area contributed by atoms with Crippen molar-refractivity contribution in [2.24, 2.45) is 0 Å². The van der Waals surface area contributed by atoms with Crippen LogP contribution in [-0.4, -0.2) is 16.5 Å². The number of nitrogens with zero attached hydrogens (tertiary/aromatic N) is 2. The van der Waals surface area contributed by atoms with E-state index in [0.717, 1.165) is 39.7 Å². The number of hydrogen-bond acceptors (Lipinski definition) is 4. The van der Waals surface area contributed by atoms with E-state index in [2.05, 4.69) is 33.2 Å². The van der Waals surface area contributed by atoms with Crippen LogP contribution in [0.25, 0.3) is 11.4 Å². The molecule has 2 heterocycles. The lowest BCUT2D eigenvalue weighted by Crippen LogP contribution is -2.08. The van der Waals surface area contributed by atoms with Gasteiger partial charge in [-0.3, -0.25) is 0 Å². The number of nitrogens with one attached hydrogen (secondary N) is 1. The minimum absolute atomic E-state index is 0.533. The van der Waals surface area contributed by atoms with E-state index in [1.807, 2.05) is 13.0 Å². The monoisotopic (exact) mass is 349 g/mol. The molecule has 5 heteroatoms. The van der Waals surface area contributed by atoms with Crippen molar-refractivity contribution in [3.05, 3.63) is 28.3 Å². The molecule has 21 heavy (non-hydrogen) atoms. The van der Waals surface area contributed by atoms with Gasteiger partial charge in [-0.05, 0) is 48.7 Å². The van der Waals surface area contributed by atoms with Crippen LogP contribution in [0.3, 0.4) is 0 Å². The fourth-order valence-electron chi connectivity index (χ4n) is 2.96. The van der Waals surface area contributed by atoms with Gasteiger partial charge >= 0.3 is 0 Å². The second-order valence-electron chi connectivity index (χ2n) is 5.50. The first-order chi connectivity index (χ1) is 10.2. The molecule has 0 amide bonds. The summed E-state index contributed by atoms with van der Waals surface area (Å²) < 4.78 is 6.42. The zero-order valence-electron chi connectivity index (χ0n) is 12.4. The van der Waals surface area contributed by atoms with Gasteiger partial charge in [0, 0.05) is 12.5 Å². The molecule has 1 N–H and O–H groups in total. The lowest BCUT2D eigenvalue weighted by atomic mass is 10.0. The normalized spacial score (nSPS) is 15.6. The van der Waals surface area contributed by atoms with E-state index in [0.29, 0.717) is 5.92 Å². The van der Waals surface area contributed by atoms with Gasteiger partial charge in [-0.25, -0.2) is 9.97 Å². The molecule has 0 saturated heterocycles. The predicted octanol–water partition coefficient (Wildman–Crippen LogP) is 4.90. The number of furan rings is 1. The molecule has 0 spiro atoms. The van der Waals surface area contributed by atoms with Crippen LogP contribution in [0, 0.1) is 6.92 Å². The van der Waals surface area contributed by atoms with Crippen LogP contribution in [0.15, 0.2) is 21.2 Å². The lowest BCUT2D eigenvalue weighted by molar-refractivity contribution is 0.535. The fraction of sp³-hybridized carbons (Fsp3) is 0.500. The van der Waals surface area contributed by atoms with Gasteiger partial charge in [-0.15, -0.1) is 0 Å². The Bertz CT molecular complexity index is 632. The molecule has 2 aromatic heterocycles. The van der Waals surface area contributed by atoms with Crippen LogP contribution in [0.4, 0.5) is 5.82 Å². The van der Waals surface area contributed by atoms with Gasteiger partial charge in [0.1, 0.15) is 11.6 Å². The Morgan fingerprint density at radius 3 is 2.71 bits per heavy atom. The maximum atomic E-state index is 5.40. The molecule has 3 rings (SSSR count). The van der Waals surface area contributed by atoms with E-state index >= 15 is 0 Å². The van der Waals surface area contributed by atoms with E-state index in [9.17, 15) is 0 Å². The number of aromatic nitrogens is 2. The third kappa shape index (κ3) is 2.84. The first-order valence-electron chi connectivity index (χ1n) is 7.56. The first-order valence-corrected chi connectivity index (χ1v) is 8.35. The highest BCUT2D eigenvalue weighted by molar-refractivity contribution is 9.10. The molecule has 112 valence electrons. The molecule has 1 aliphatic rings. The second-order valence-corrected chi connectivity index (χ2v) is 6.29. The maximum Gasteiger partial charge on any atom is 0.165 e. The second kappa shape index (κ2) is 6.18. The van der Waals surface area contributed by atoms with Crippen LogP contribution in [0.5, 0.6) is 0 Å². The standard InChI is InChI=1S/C16H20BrN3O/c1-3-18-16-13(17)14(11-6-4-5-7-11)19-15(20-16)12-8-9-21-10(12)2/h8-9,11H,3-7H2,1-2H3,(H,18,19,20). The molecule has 0 radical (unpaired) electrons. The smallest absolute Gasteiger partial charge is 0.165 e. The SMILES string of the molecule is CCNc1nc(-c2ccoc2C)nc(C2CCCC2)c1Br. The summed E-state index contributed by atoms with van der Waals surface area (Å²) >= 11 is 3.70. The highest BCUT2D eigenvalue weighted by atomic mass is 79.9. The van der Waals surface area contributed by atoms with Gasteiger partial charge in [-0.1, -0.05) is 12.8 Å². The molecular weight excluding hydrogens is 330 g/mol. The topological polar surface area (TPSA) is 51.0 Å². The molecule has 1 saturated carbocycles. The van der Waals surface area contributed by atoms with Crippen LogP contribution >= 0.6 is 15.9 Å². The molecule has 0 aliphatic heterocycles. The van der Waals surface area contributed by atoms with Crippen molar-refractivity contribution in [3.63, 3.8) is 0 Å². The van der Waals surface area contributed by atoms with Crippen LogP contribution < -0.4 is 5.32 Å². The number of aryl methyl sites for hydroxylation is 1. The quantitative estimate of drug-likeness (QED) is 0.852. The predicted molar refractivity (Wildman–Crippen MR) is 87.5 cm³/mol. The molecule has 0 unspecified atom stereocenters. The average molecular weight is 350 g/mol. The summed E-state index contributed by atoms with van der Waals surface area (Å²) in [5, 5.41) is 3.33. The number of rotatable bonds is 4. The minimum Gasteiger partial charge on any atom is -0.469 e. The summed E-state index contributed by atoms with van der Waals surface area (Å²) in [6.45, 7) is 4.86. The Hall–Kier alpha value is -1.36. The van der Waals surface area contributed by atoms with Crippen LogP contribution in [-0.2, 0) is 0 Å². The van der Waals surface area contributed by atoms with Gasteiger partial charge in [0.25, 0.3) is 0 Å². The van der Waals surface area contributed by atoms with Crippen molar-refractivity contribution in [2.75, 3.05) is 11.9 Å². The van der Waals surface area contributed by atoms with Crippen molar-refractivity contribution in [1.29, 1.82) is 0 Å². The summed E-state index contributed by atoms with van der Waals surface area (Å²) in [7, 11) is 0. The van der Waals surface area contributed by atoms with Crippen LogP contribution in [0.2, 0.25) is 0 Å². The van der Waals surface area contributed by atoms with E-state index < -0.39 is 0 Å². The Morgan fingerprint density at radius 1 is 1.33 bits per heavy atom. The van der Waals surface area contributed by atoms with Gasteiger partial charge in [0.2, 0.25) is 0 Å². The van der Waals surface area contributed by atoms with Gasteiger partial charge in [0.15, 0.2) is 5.82 Å². The first kappa shape index (κ1) is 14.6. The van der Waals surface area contributed by atoms with E-state index in [1.165, 1.54) is 25.7 Å². The Labute approximate surface area is 133 Å². The van der Waals surface area contributed by atoms with E-state index in [1.54, 1.807) is 6.26 Å². The molecule has 0 bridgehead atoms. The van der Waals surface area contributed by atoms with Crippen molar-refractivity contribution in [1.82, 2.24) is 9.97 Å². The zero-order valence-corrected chi connectivity index (χ0v) is 14.0. The number of halogens is 1. The van der Waals surface area contributed by atoms with Gasteiger partial charge in [-0.2, -0.15) is 0 Å². The Morgan fingerprint density at radius 2 is 2.10 bits per heavy atom. The molecule has 1 fully saturated rings. The van der Waals surface area contributed by atoms with Crippen LogP contribution in [0.1, 0.15) is 50.0 Å². The van der Waals surface area contributed by atoms with Crippen molar-refractivity contribution >= 4 is 21.7 Å². The summed E-state index contributed by atoms with van der Waals surface area (Å²) in [4.78, 5) is 9.51. The van der Waals surface area contributed by atoms with E-state index in [-0.39, 0.29) is 0 Å². The molecule has 2 aromatic rings. The number of anilines is 1. The zero-order chi connectivity index (χ0) is 14.8. The van der Waals surface area contributed by atoms with Crippen molar-refractivity contribution in [2.45, 2.75) is 45.4 Å². The summed E-state index contributed by atoms with van der Waals surface area (Å²) in [6.07, 6.45) is 6.70. The maximum absolute atomic E-state index is 5.40. The number of hydrogen-bond donors (Lipinski definition) is 1. The largest absolute Gasteiger partial charge is 0.469 e. The van der Waals surface area contributed by atoms with Gasteiger partial charge < -0.3 is 9.73 Å². The molecule has 0 atom stereocenters.